The minimum atomic E-state index is -3.90. The number of piperidine rings is 1. The largest absolute Gasteiger partial charge is 0.478 e. The second-order valence-corrected chi connectivity index (χ2v) is 8.15. The Labute approximate surface area is 146 Å². The summed E-state index contributed by atoms with van der Waals surface area (Å²) in [6.07, 6.45) is 3.84. The van der Waals surface area contributed by atoms with Gasteiger partial charge in [-0.3, -0.25) is 4.68 Å². The Morgan fingerprint density at radius 2 is 1.80 bits per heavy atom. The van der Waals surface area contributed by atoms with Crippen molar-refractivity contribution in [2.45, 2.75) is 37.8 Å². The molecule has 2 aromatic rings. The zero-order valence-electron chi connectivity index (χ0n) is 14.1. The highest BCUT2D eigenvalue weighted by Crippen LogP contribution is 2.23. The van der Waals surface area contributed by atoms with Crippen molar-refractivity contribution in [1.29, 1.82) is 0 Å². The van der Waals surface area contributed by atoms with Crippen molar-refractivity contribution in [3.8, 4) is 0 Å². The summed E-state index contributed by atoms with van der Waals surface area (Å²) in [6, 6.07) is 7.72. The number of carboxylic acids is 1. The Morgan fingerprint density at radius 1 is 1.16 bits per heavy atom. The van der Waals surface area contributed by atoms with Crippen LogP contribution in [0, 0.1) is 6.92 Å². The van der Waals surface area contributed by atoms with Gasteiger partial charge >= 0.3 is 5.97 Å². The first kappa shape index (κ1) is 17.6. The summed E-state index contributed by atoms with van der Waals surface area (Å²) in [7, 11) is -3.90. The molecule has 1 aromatic heterocycles. The van der Waals surface area contributed by atoms with Crippen LogP contribution in [0.2, 0.25) is 0 Å². The number of hydrogen-bond acceptors (Lipinski definition) is 4. The van der Waals surface area contributed by atoms with Gasteiger partial charge in [-0.25, -0.2) is 13.2 Å². The van der Waals surface area contributed by atoms with E-state index in [0.717, 1.165) is 30.4 Å². The third-order valence-corrected chi connectivity index (χ3v) is 6.16. The number of aromatic nitrogens is 2. The summed E-state index contributed by atoms with van der Waals surface area (Å²) in [4.78, 5) is 11.5. The first-order valence-corrected chi connectivity index (χ1v) is 9.68. The Bertz CT molecular complexity index is 866. The molecule has 1 aliphatic heterocycles. The number of carbonyl (C=O) groups is 1. The van der Waals surface area contributed by atoms with Crippen LogP contribution in [0.3, 0.4) is 0 Å². The molecule has 25 heavy (non-hydrogen) atoms. The molecule has 8 heteroatoms. The molecule has 1 aliphatic rings. The molecule has 0 atom stereocenters. The van der Waals surface area contributed by atoms with Crippen molar-refractivity contribution >= 4 is 16.0 Å². The van der Waals surface area contributed by atoms with Gasteiger partial charge in [0, 0.05) is 19.3 Å². The second-order valence-electron chi connectivity index (χ2n) is 6.30. The standard InChI is InChI=1S/C17H21N3O4S/c1-13-5-7-14(8-6-13)11-19-12-15(17(21)22)16(18-19)25(23,24)20-9-3-2-4-10-20/h5-8,12H,2-4,9-11H2,1H3,(H,21,22). The molecule has 0 saturated carbocycles. The van der Waals surface area contributed by atoms with Gasteiger partial charge in [-0.1, -0.05) is 36.2 Å². The van der Waals surface area contributed by atoms with Crippen LogP contribution in [-0.2, 0) is 16.6 Å². The number of rotatable bonds is 5. The highest BCUT2D eigenvalue weighted by atomic mass is 32.2. The average Bonchev–Trinajstić information content (AvgIpc) is 3.03. The lowest BCUT2D eigenvalue weighted by Crippen LogP contribution is -2.36. The van der Waals surface area contributed by atoms with Crippen LogP contribution in [0.25, 0.3) is 0 Å². The van der Waals surface area contributed by atoms with E-state index in [-0.39, 0.29) is 10.6 Å². The van der Waals surface area contributed by atoms with Crippen molar-refractivity contribution in [1.82, 2.24) is 14.1 Å². The maximum atomic E-state index is 12.8. The van der Waals surface area contributed by atoms with Gasteiger partial charge in [0.2, 0.25) is 5.03 Å². The third kappa shape index (κ3) is 3.74. The van der Waals surface area contributed by atoms with Gasteiger partial charge in [-0.15, -0.1) is 0 Å². The molecule has 0 amide bonds. The molecule has 1 aromatic carbocycles. The van der Waals surface area contributed by atoms with Crippen molar-refractivity contribution in [3.63, 3.8) is 0 Å². The molecule has 2 heterocycles. The molecule has 0 unspecified atom stereocenters. The zero-order chi connectivity index (χ0) is 18.0. The molecule has 1 N–H and O–H groups in total. The van der Waals surface area contributed by atoms with Gasteiger partial charge in [0.15, 0.2) is 0 Å². The van der Waals surface area contributed by atoms with E-state index in [2.05, 4.69) is 5.10 Å². The fourth-order valence-electron chi connectivity index (χ4n) is 2.93. The van der Waals surface area contributed by atoms with Crippen LogP contribution >= 0.6 is 0 Å². The van der Waals surface area contributed by atoms with E-state index in [1.54, 1.807) is 0 Å². The predicted octanol–water partition coefficient (Wildman–Crippen LogP) is 2.11. The fourth-order valence-corrected chi connectivity index (χ4v) is 4.54. The van der Waals surface area contributed by atoms with Crippen molar-refractivity contribution in [2.24, 2.45) is 0 Å². The van der Waals surface area contributed by atoms with Gasteiger partial charge < -0.3 is 5.11 Å². The molecule has 0 spiro atoms. The van der Waals surface area contributed by atoms with E-state index in [4.69, 9.17) is 0 Å². The van der Waals surface area contributed by atoms with E-state index >= 15 is 0 Å². The number of hydrogen-bond donors (Lipinski definition) is 1. The summed E-state index contributed by atoms with van der Waals surface area (Å²) in [5.41, 5.74) is 1.76. The van der Waals surface area contributed by atoms with Crippen molar-refractivity contribution in [3.05, 3.63) is 47.2 Å². The minimum absolute atomic E-state index is 0.280. The molecule has 134 valence electrons. The molecule has 0 aliphatic carbocycles. The van der Waals surface area contributed by atoms with Gasteiger partial charge in [-0.2, -0.15) is 9.40 Å². The van der Waals surface area contributed by atoms with E-state index < -0.39 is 16.0 Å². The second kappa shape index (κ2) is 6.97. The predicted molar refractivity (Wildman–Crippen MR) is 92.1 cm³/mol. The van der Waals surface area contributed by atoms with E-state index in [9.17, 15) is 18.3 Å². The smallest absolute Gasteiger partial charge is 0.340 e. The van der Waals surface area contributed by atoms with E-state index in [0.29, 0.717) is 19.6 Å². The third-order valence-electron chi connectivity index (χ3n) is 4.32. The van der Waals surface area contributed by atoms with Crippen LogP contribution in [0.5, 0.6) is 0 Å². The summed E-state index contributed by atoms with van der Waals surface area (Å²) in [5.74, 6) is -1.29. The van der Waals surface area contributed by atoms with Gasteiger partial charge in [0.25, 0.3) is 10.0 Å². The number of aryl methyl sites for hydroxylation is 1. The first-order chi connectivity index (χ1) is 11.9. The van der Waals surface area contributed by atoms with Gasteiger partial charge in [0.05, 0.1) is 6.54 Å². The Kier molecular flexibility index (Phi) is 4.91. The fraction of sp³-hybridized carbons (Fsp3) is 0.412. The number of nitrogens with zero attached hydrogens (tertiary/aromatic N) is 3. The van der Waals surface area contributed by atoms with Crippen LogP contribution in [-0.4, -0.2) is 46.7 Å². The summed E-state index contributed by atoms with van der Waals surface area (Å²) < 4.78 is 28.3. The maximum Gasteiger partial charge on any atom is 0.340 e. The number of carboxylic acid groups (broad SMARTS) is 1. The average molecular weight is 363 g/mol. The quantitative estimate of drug-likeness (QED) is 0.878. The Balaban J connectivity index is 1.94. The van der Waals surface area contributed by atoms with Crippen molar-refractivity contribution < 1.29 is 18.3 Å². The van der Waals surface area contributed by atoms with Crippen LogP contribution < -0.4 is 0 Å². The van der Waals surface area contributed by atoms with E-state index in [1.165, 1.54) is 15.2 Å². The summed E-state index contributed by atoms with van der Waals surface area (Å²) >= 11 is 0. The monoisotopic (exact) mass is 363 g/mol. The topological polar surface area (TPSA) is 92.5 Å². The molecular weight excluding hydrogens is 342 g/mol. The molecule has 7 nitrogen and oxygen atoms in total. The lowest BCUT2D eigenvalue weighted by molar-refractivity contribution is 0.0692. The van der Waals surface area contributed by atoms with E-state index in [1.807, 2.05) is 31.2 Å². The van der Waals surface area contributed by atoms with Crippen LogP contribution in [0.1, 0.15) is 40.7 Å². The Morgan fingerprint density at radius 3 is 2.40 bits per heavy atom. The molecule has 1 saturated heterocycles. The molecule has 1 fully saturated rings. The summed E-state index contributed by atoms with van der Waals surface area (Å²) in [6.45, 7) is 3.11. The lowest BCUT2D eigenvalue weighted by Gasteiger charge is -2.25. The normalized spacial score (nSPS) is 16.0. The molecular formula is C17H21N3O4S. The van der Waals surface area contributed by atoms with Crippen LogP contribution in [0.4, 0.5) is 0 Å². The Hall–Kier alpha value is -2.19. The number of sulfonamides is 1. The molecule has 0 bridgehead atoms. The number of benzene rings is 1. The lowest BCUT2D eigenvalue weighted by atomic mass is 10.1. The zero-order valence-corrected chi connectivity index (χ0v) is 14.9. The highest BCUT2D eigenvalue weighted by Gasteiger charge is 2.33. The van der Waals surface area contributed by atoms with Gasteiger partial charge in [-0.05, 0) is 25.3 Å². The maximum absolute atomic E-state index is 12.8. The molecule has 3 rings (SSSR count). The SMILES string of the molecule is Cc1ccc(Cn2cc(C(=O)O)c(S(=O)(=O)N3CCCCC3)n2)cc1. The highest BCUT2D eigenvalue weighted by molar-refractivity contribution is 7.89. The van der Waals surface area contributed by atoms with Gasteiger partial charge in [0.1, 0.15) is 5.56 Å². The van der Waals surface area contributed by atoms with Crippen molar-refractivity contribution in [2.75, 3.05) is 13.1 Å². The minimum Gasteiger partial charge on any atom is -0.478 e. The summed E-state index contributed by atoms with van der Waals surface area (Å²) in [5, 5.41) is 13.1. The molecule has 0 radical (unpaired) electrons. The first-order valence-electron chi connectivity index (χ1n) is 8.24. The van der Waals surface area contributed by atoms with Crippen LogP contribution in [0.15, 0.2) is 35.5 Å². The number of aromatic carboxylic acids is 1.